The Morgan fingerprint density at radius 1 is 1.20 bits per heavy atom. The summed E-state index contributed by atoms with van der Waals surface area (Å²) in [6.45, 7) is 12.7. The van der Waals surface area contributed by atoms with Crippen LogP contribution in [-0.2, 0) is 13.0 Å². The summed E-state index contributed by atoms with van der Waals surface area (Å²) in [5, 5.41) is 19.9. The molecule has 3 aromatic rings. The van der Waals surface area contributed by atoms with E-state index in [-0.39, 0.29) is 11.7 Å². The van der Waals surface area contributed by atoms with Crippen LogP contribution in [0.5, 0.6) is 11.6 Å². The van der Waals surface area contributed by atoms with E-state index in [4.69, 9.17) is 9.73 Å². The van der Waals surface area contributed by atoms with E-state index in [1.54, 1.807) is 16.7 Å². The highest BCUT2D eigenvalue weighted by molar-refractivity contribution is 5.97. The third kappa shape index (κ3) is 5.27. The molecule has 0 spiro atoms. The largest absolute Gasteiger partial charge is 0.497 e. The lowest BCUT2D eigenvalue weighted by molar-refractivity contribution is -0.108. The summed E-state index contributed by atoms with van der Waals surface area (Å²) in [6, 6.07) is 11.7. The van der Waals surface area contributed by atoms with Crippen molar-refractivity contribution in [2.75, 3.05) is 32.1 Å². The number of guanidine groups is 1. The summed E-state index contributed by atoms with van der Waals surface area (Å²) in [6.07, 6.45) is 4.91. The quantitative estimate of drug-likeness (QED) is 0.259. The number of anilines is 1. The molecule has 7 nitrogen and oxygen atoms in total. The van der Waals surface area contributed by atoms with Crippen molar-refractivity contribution in [1.82, 2.24) is 14.8 Å². The number of hydrogen-bond donors (Lipinski definition) is 3. The van der Waals surface area contributed by atoms with Crippen molar-refractivity contribution in [3.05, 3.63) is 54.0 Å². The van der Waals surface area contributed by atoms with E-state index < -0.39 is 0 Å². The molecule has 5 atom stereocenters. The molecule has 7 rings (SSSR count). The molecular weight excluding hydrogens is 517 g/mol. The maximum atomic E-state index is 14.5. The molecule has 0 radical (unpaired) electrons. The number of aromatic hydroxyl groups is 1. The summed E-state index contributed by atoms with van der Waals surface area (Å²) in [7, 11) is 1.53. The van der Waals surface area contributed by atoms with Gasteiger partial charge in [0.1, 0.15) is 11.6 Å². The van der Waals surface area contributed by atoms with Gasteiger partial charge in [0, 0.05) is 60.9 Å². The standard InChI is InChI=1S/C33H44FN5O2/c1-20-18-39(13-11-35-20)32(37-30-16-24-15-28(21(30)2)33(24,3)4)36-25-7-9-27-23(14-25)19-38(31(27)40)12-10-22-6-8-26(41-5)17-29(22)34/h6-9,14,17,19-21,24,28,30,35,40H,10-13,15-16,18H2,1-5H3,(H,36,37)/t20-,21-,24+,28-,30-/m0/s1. The Hall–Kier alpha value is -3.26. The Kier molecular flexibility index (Phi) is 7.39. The first-order valence-corrected chi connectivity index (χ1v) is 15.1. The van der Waals surface area contributed by atoms with Gasteiger partial charge in [-0.05, 0) is 79.2 Å². The van der Waals surface area contributed by atoms with Gasteiger partial charge in [0.05, 0.1) is 13.2 Å². The zero-order valence-corrected chi connectivity index (χ0v) is 25.0. The second kappa shape index (κ2) is 10.9. The smallest absolute Gasteiger partial charge is 0.199 e. The van der Waals surface area contributed by atoms with E-state index in [9.17, 15) is 9.50 Å². The molecule has 220 valence electrons. The van der Waals surface area contributed by atoms with E-state index in [1.807, 2.05) is 18.3 Å². The molecule has 1 aromatic heterocycles. The number of halogens is 1. The Morgan fingerprint density at radius 2 is 2.02 bits per heavy atom. The van der Waals surface area contributed by atoms with Crippen LogP contribution in [0.25, 0.3) is 10.8 Å². The average Bonchev–Trinajstić information content (AvgIpc) is 3.26. The lowest BCUT2D eigenvalue weighted by Gasteiger charge is -2.61. The number of hydrogen-bond acceptors (Lipinski definition) is 4. The molecule has 2 aromatic carbocycles. The number of aliphatic imine (C=N–C) groups is 1. The monoisotopic (exact) mass is 561 g/mol. The molecule has 0 unspecified atom stereocenters. The fraction of sp³-hybridized carbons (Fsp3) is 0.545. The van der Waals surface area contributed by atoms with Gasteiger partial charge in [0.25, 0.3) is 0 Å². The molecule has 4 fully saturated rings. The van der Waals surface area contributed by atoms with E-state index >= 15 is 0 Å². The van der Waals surface area contributed by atoms with Gasteiger partial charge in [-0.1, -0.05) is 26.8 Å². The summed E-state index contributed by atoms with van der Waals surface area (Å²) in [4.78, 5) is 7.79. The topological polar surface area (TPSA) is 74.0 Å². The number of rotatable bonds is 6. The van der Waals surface area contributed by atoms with E-state index in [2.05, 4.69) is 49.3 Å². The maximum Gasteiger partial charge on any atom is 0.199 e. The number of fused-ring (bicyclic) bond motifs is 3. The molecule has 1 saturated heterocycles. The zero-order chi connectivity index (χ0) is 28.9. The SMILES string of the molecule is COc1ccc(CCn2cc3cc(NC(=N[C@H]4C[C@H]5C[C@@H]([C@@H]4C)C5(C)C)N4CCN[C@@H](C)C4)ccc3c2O)c(F)c1. The van der Waals surface area contributed by atoms with Crippen LogP contribution in [0.1, 0.15) is 46.1 Å². The summed E-state index contributed by atoms with van der Waals surface area (Å²) >= 11 is 0. The predicted molar refractivity (Wildman–Crippen MR) is 163 cm³/mol. The molecule has 2 heterocycles. The first-order valence-electron chi connectivity index (χ1n) is 15.1. The highest BCUT2D eigenvalue weighted by Crippen LogP contribution is 2.61. The van der Waals surface area contributed by atoms with Crippen molar-refractivity contribution >= 4 is 22.4 Å². The molecule has 8 heteroatoms. The Balaban J connectivity index is 1.23. The molecule has 3 saturated carbocycles. The number of piperazine rings is 1. The third-order valence-corrected chi connectivity index (χ3v) is 10.3. The second-order valence-corrected chi connectivity index (χ2v) is 13.1. The zero-order valence-electron chi connectivity index (χ0n) is 25.0. The van der Waals surface area contributed by atoms with Gasteiger partial charge < -0.3 is 29.9 Å². The molecule has 0 amide bonds. The Labute approximate surface area is 242 Å². The van der Waals surface area contributed by atoms with Gasteiger partial charge >= 0.3 is 0 Å². The maximum absolute atomic E-state index is 14.5. The summed E-state index contributed by atoms with van der Waals surface area (Å²) in [5.41, 5.74) is 1.98. The number of nitrogens with one attached hydrogen (secondary N) is 2. The van der Waals surface area contributed by atoms with Gasteiger partial charge in [-0.15, -0.1) is 0 Å². The van der Waals surface area contributed by atoms with Crippen LogP contribution in [0.2, 0.25) is 0 Å². The normalized spacial score (nSPS) is 27.5. The number of nitrogens with zero attached hydrogens (tertiary/aromatic N) is 3. The molecule has 2 bridgehead atoms. The van der Waals surface area contributed by atoms with E-state index in [1.165, 1.54) is 19.6 Å². The van der Waals surface area contributed by atoms with Crippen LogP contribution in [0.3, 0.4) is 0 Å². The predicted octanol–water partition coefficient (Wildman–Crippen LogP) is 5.87. The highest BCUT2D eigenvalue weighted by Gasteiger charge is 2.56. The molecule has 4 aliphatic rings. The Bertz CT molecular complexity index is 1450. The lowest BCUT2D eigenvalue weighted by atomic mass is 9.45. The average molecular weight is 562 g/mol. The molecule has 3 N–H and O–H groups in total. The minimum Gasteiger partial charge on any atom is -0.497 e. The van der Waals surface area contributed by atoms with Gasteiger partial charge in [-0.25, -0.2) is 9.38 Å². The molecule has 41 heavy (non-hydrogen) atoms. The number of ether oxygens (including phenoxy) is 1. The van der Waals surface area contributed by atoms with Crippen LogP contribution in [0.4, 0.5) is 10.1 Å². The van der Waals surface area contributed by atoms with Crippen molar-refractivity contribution in [2.24, 2.45) is 28.2 Å². The first-order chi connectivity index (χ1) is 19.6. The fourth-order valence-corrected chi connectivity index (χ4v) is 7.50. The molecule has 1 aliphatic heterocycles. The van der Waals surface area contributed by atoms with Crippen LogP contribution >= 0.6 is 0 Å². The second-order valence-electron chi connectivity index (χ2n) is 13.1. The fourth-order valence-electron chi connectivity index (χ4n) is 7.50. The highest BCUT2D eigenvalue weighted by atomic mass is 19.1. The van der Waals surface area contributed by atoms with Gasteiger partial charge in [-0.2, -0.15) is 0 Å². The van der Waals surface area contributed by atoms with Crippen molar-refractivity contribution in [3.63, 3.8) is 0 Å². The van der Waals surface area contributed by atoms with Crippen molar-refractivity contribution < 1.29 is 14.2 Å². The summed E-state index contributed by atoms with van der Waals surface area (Å²) in [5.74, 6) is 3.41. The van der Waals surface area contributed by atoms with Crippen molar-refractivity contribution in [2.45, 2.75) is 65.6 Å². The molecular formula is C33H44FN5O2. The van der Waals surface area contributed by atoms with Crippen LogP contribution in [-0.4, -0.2) is 59.4 Å². The minimum absolute atomic E-state index is 0.197. The van der Waals surface area contributed by atoms with E-state index in [0.29, 0.717) is 47.7 Å². The van der Waals surface area contributed by atoms with Gasteiger partial charge in [-0.3, -0.25) is 0 Å². The van der Waals surface area contributed by atoms with Crippen molar-refractivity contribution in [3.8, 4) is 11.6 Å². The van der Waals surface area contributed by atoms with Crippen LogP contribution in [0, 0.1) is 29.0 Å². The Morgan fingerprint density at radius 3 is 2.73 bits per heavy atom. The summed E-state index contributed by atoms with van der Waals surface area (Å²) < 4.78 is 21.4. The van der Waals surface area contributed by atoms with Crippen molar-refractivity contribution in [1.29, 1.82) is 0 Å². The van der Waals surface area contributed by atoms with Crippen LogP contribution < -0.4 is 15.4 Å². The number of methoxy groups -OCH3 is 1. The van der Waals surface area contributed by atoms with Crippen LogP contribution in [0.15, 0.2) is 47.6 Å². The number of aryl methyl sites for hydroxylation is 2. The van der Waals surface area contributed by atoms with E-state index in [0.717, 1.165) is 60.3 Å². The minimum atomic E-state index is -0.297. The lowest BCUT2D eigenvalue weighted by Crippen LogP contribution is -2.57. The number of aromatic nitrogens is 1. The molecule has 3 aliphatic carbocycles. The number of benzene rings is 2. The van der Waals surface area contributed by atoms with Gasteiger partial charge in [0.15, 0.2) is 11.8 Å². The van der Waals surface area contributed by atoms with Gasteiger partial charge in [0.2, 0.25) is 0 Å². The first kappa shape index (κ1) is 27.9. The third-order valence-electron chi connectivity index (χ3n) is 10.3.